The predicted octanol–water partition coefficient (Wildman–Crippen LogP) is 4.46. The Bertz CT molecular complexity index is 2670. The number of carbonyl (C=O) groups excluding carboxylic acids is 3. The Morgan fingerprint density at radius 1 is 0.940 bits per heavy atom. The van der Waals surface area contributed by atoms with Crippen LogP contribution in [0.25, 0.3) is 11.1 Å². The van der Waals surface area contributed by atoms with E-state index < -0.39 is 120 Å². The second kappa shape index (κ2) is 27.9. The number of anilines is 1. The Kier molecular flexibility index (Phi) is 22.2. The molecule has 2 aromatic carbocycles. The summed E-state index contributed by atoms with van der Waals surface area (Å²) in [6.45, 7) is 20.6. The highest BCUT2D eigenvalue weighted by molar-refractivity contribution is 5.90. The quantitative estimate of drug-likeness (QED) is 0.102. The standard InChI is InChI=1S/C61H94FN7O15/c1-15-50-61(11,77)53(72)38(6)67(13)29-34(2)26-59(9,76)55(36(4)52(37(5)56(74)83-50)79-33-45-27-60(10,78-14)54(73)39(7)81-45)84-57-51(71)49(24-35(3)80-57)66(12)23-22-43-31-68(65-64-43)30-41-16-18-42(19-17-41)47-21-20-44(25-48(47)62)69-32-46(82-58(69)75)28-63-40(8)70/h16-21,25,31,34-39,45-46,49-55,57,71-73,76-77H,15,22-24,26-30,32-33H2,1-14H3,(H,63,70)/t34-,35-,36+,37-,38-,39+,45-,46+,49+,50-,51-,52+,53-,54+,55-,57+,59-,60-,61-/m1/s1. The number of nitrogens with one attached hydrogen (secondary N) is 1. The van der Waals surface area contributed by atoms with E-state index in [1.165, 1.54) is 31.9 Å². The number of aromatic nitrogens is 3. The van der Waals surface area contributed by atoms with Gasteiger partial charge in [0.1, 0.15) is 41.9 Å². The molecule has 23 heteroatoms. The Labute approximate surface area is 494 Å². The highest BCUT2D eigenvalue weighted by Gasteiger charge is 2.52. The first kappa shape index (κ1) is 66.8. The third-order valence-corrected chi connectivity index (χ3v) is 18.0. The summed E-state index contributed by atoms with van der Waals surface area (Å²) < 4.78 is 60.9. The SMILES string of the molecule is CC[C@H]1OC(=O)[C@H](C)[C@@H](OC[C@H]2C[C@@](C)(OC)[C@@H](O)[C@H](C)O2)[C@H](C)[C@@H](O[C@@H]2O[C@H](C)C[C@H](N(C)CCc3cn(Cc4ccc(-c5ccc(N6C[C@H](CNC(C)=O)OC6=O)cc5F)cc4)nn3)[C@H]2O)[C@](C)(O)C[C@@H](C)CN(C)[C@H](C)[C@@H](O)[C@]1(C)O. The van der Waals surface area contributed by atoms with Crippen LogP contribution < -0.4 is 10.2 Å². The van der Waals surface area contributed by atoms with Gasteiger partial charge in [-0.05, 0) is 117 Å². The molecule has 0 bridgehead atoms. The number of benzene rings is 2. The molecule has 19 atom stereocenters. The third kappa shape index (κ3) is 15.7. The number of ether oxygens (including phenoxy) is 7. The molecule has 2 amide bonds. The van der Waals surface area contributed by atoms with Crippen molar-refractivity contribution in [2.75, 3.05) is 58.9 Å². The lowest BCUT2D eigenvalue weighted by Crippen LogP contribution is -2.60. The molecule has 0 aliphatic carbocycles. The van der Waals surface area contributed by atoms with Gasteiger partial charge in [-0.2, -0.15) is 0 Å². The van der Waals surface area contributed by atoms with Crippen LogP contribution in [0.3, 0.4) is 0 Å². The summed E-state index contributed by atoms with van der Waals surface area (Å²) in [5, 5.41) is 71.3. The molecule has 7 rings (SSSR count). The third-order valence-electron chi connectivity index (χ3n) is 18.0. The van der Waals surface area contributed by atoms with Crippen molar-refractivity contribution < 1.29 is 77.5 Å². The molecule has 0 radical (unpaired) electrons. The monoisotopic (exact) mass is 1180 g/mol. The number of amides is 2. The summed E-state index contributed by atoms with van der Waals surface area (Å²) in [4.78, 5) is 43.7. The number of halogens is 1. The molecule has 3 aromatic rings. The van der Waals surface area contributed by atoms with Gasteiger partial charge in [-0.1, -0.05) is 50.3 Å². The molecule has 0 spiro atoms. The van der Waals surface area contributed by atoms with Gasteiger partial charge in [-0.15, -0.1) is 5.10 Å². The van der Waals surface area contributed by atoms with Crippen LogP contribution >= 0.6 is 0 Å². The average molecular weight is 1180 g/mol. The topological polar surface area (TPSA) is 269 Å². The summed E-state index contributed by atoms with van der Waals surface area (Å²) in [6, 6.07) is 10.9. The number of cyclic esters (lactones) is 2. The first-order chi connectivity index (χ1) is 39.5. The lowest BCUT2D eigenvalue weighted by atomic mass is 9.77. The molecule has 4 aliphatic rings. The van der Waals surface area contributed by atoms with E-state index in [0.717, 1.165) is 11.3 Å². The maximum atomic E-state index is 15.6. The first-order valence-corrected chi connectivity index (χ1v) is 29.7. The Morgan fingerprint density at radius 3 is 2.30 bits per heavy atom. The molecule has 84 heavy (non-hydrogen) atoms. The van der Waals surface area contributed by atoms with Crippen LogP contribution in [0.2, 0.25) is 0 Å². The summed E-state index contributed by atoms with van der Waals surface area (Å²) in [6.07, 6.45) is -7.20. The van der Waals surface area contributed by atoms with E-state index in [1.54, 1.807) is 58.4 Å². The molecular formula is C61H94FN7O15. The van der Waals surface area contributed by atoms with Crippen molar-refractivity contribution in [2.45, 2.75) is 211 Å². The van der Waals surface area contributed by atoms with Crippen LogP contribution in [0.15, 0.2) is 48.7 Å². The summed E-state index contributed by atoms with van der Waals surface area (Å²) in [7, 11) is 5.28. The van der Waals surface area contributed by atoms with Crippen molar-refractivity contribution in [3.8, 4) is 11.1 Å². The normalized spacial score (nSPS) is 36.9. The van der Waals surface area contributed by atoms with Gasteiger partial charge in [-0.25, -0.2) is 13.9 Å². The largest absolute Gasteiger partial charge is 0.459 e. The van der Waals surface area contributed by atoms with E-state index in [4.69, 9.17) is 33.2 Å². The number of aliphatic hydroxyl groups excluding tert-OH is 3. The van der Waals surface area contributed by atoms with Gasteiger partial charge in [0.15, 0.2) is 6.29 Å². The van der Waals surface area contributed by atoms with Gasteiger partial charge < -0.3 is 73.8 Å². The van der Waals surface area contributed by atoms with Gasteiger partial charge in [-0.3, -0.25) is 14.5 Å². The summed E-state index contributed by atoms with van der Waals surface area (Å²) in [5.74, 6) is -3.49. The second-order valence-electron chi connectivity index (χ2n) is 25.1. The van der Waals surface area contributed by atoms with Crippen LogP contribution in [-0.4, -0.2) is 219 Å². The maximum Gasteiger partial charge on any atom is 0.414 e. The number of carbonyl (C=O) groups is 3. The zero-order valence-electron chi connectivity index (χ0n) is 51.5. The fourth-order valence-electron chi connectivity index (χ4n) is 12.9. The van der Waals surface area contributed by atoms with E-state index >= 15 is 4.39 Å². The Morgan fingerprint density at radius 2 is 1.64 bits per heavy atom. The first-order valence-electron chi connectivity index (χ1n) is 29.7. The smallest absolute Gasteiger partial charge is 0.414 e. The van der Waals surface area contributed by atoms with Gasteiger partial charge in [0.05, 0.1) is 85.3 Å². The maximum absolute atomic E-state index is 15.6. The second-order valence-corrected chi connectivity index (χ2v) is 25.1. The number of esters is 1. The minimum Gasteiger partial charge on any atom is -0.459 e. The molecule has 4 aliphatic heterocycles. The summed E-state index contributed by atoms with van der Waals surface area (Å²) >= 11 is 0. The molecule has 4 saturated heterocycles. The highest BCUT2D eigenvalue weighted by Crippen LogP contribution is 2.40. The highest BCUT2D eigenvalue weighted by atomic mass is 19.1. The lowest BCUT2D eigenvalue weighted by Gasteiger charge is -2.48. The number of likely N-dealkylation sites (N-methyl/N-ethyl adjacent to an activating group) is 2. The minimum atomic E-state index is -1.84. The van der Waals surface area contributed by atoms with Gasteiger partial charge >= 0.3 is 12.1 Å². The molecule has 6 N–H and O–H groups in total. The van der Waals surface area contributed by atoms with Crippen molar-refractivity contribution in [1.29, 1.82) is 0 Å². The number of rotatable bonds is 17. The fraction of sp³-hybridized carbons (Fsp3) is 0.721. The van der Waals surface area contributed by atoms with Crippen molar-refractivity contribution in [2.24, 2.45) is 17.8 Å². The van der Waals surface area contributed by atoms with E-state index in [0.29, 0.717) is 49.3 Å². The number of hydrogen-bond acceptors (Lipinski definition) is 19. The molecule has 22 nitrogen and oxygen atoms in total. The van der Waals surface area contributed by atoms with Gasteiger partial charge in [0, 0.05) is 69.7 Å². The van der Waals surface area contributed by atoms with Crippen LogP contribution in [0.1, 0.15) is 113 Å². The zero-order chi connectivity index (χ0) is 61.7. The average Bonchev–Trinajstić information content (AvgIpc) is 2.65. The lowest BCUT2D eigenvalue weighted by molar-refractivity contribution is -0.301. The number of aliphatic hydroxyl groups is 5. The van der Waals surface area contributed by atoms with E-state index in [2.05, 4.69) is 15.6 Å². The van der Waals surface area contributed by atoms with Crippen LogP contribution in [0.5, 0.6) is 0 Å². The van der Waals surface area contributed by atoms with Gasteiger partial charge in [0.2, 0.25) is 5.91 Å². The summed E-state index contributed by atoms with van der Waals surface area (Å²) in [5.41, 5.74) is -1.46. The number of nitrogens with zero attached hydrogens (tertiary/aromatic N) is 6. The van der Waals surface area contributed by atoms with E-state index in [9.17, 15) is 39.9 Å². The molecule has 0 unspecified atom stereocenters. The predicted molar refractivity (Wildman–Crippen MR) is 309 cm³/mol. The van der Waals surface area contributed by atoms with E-state index in [-0.39, 0.29) is 56.9 Å². The molecule has 0 saturated carbocycles. The van der Waals surface area contributed by atoms with Crippen LogP contribution in [0.4, 0.5) is 14.9 Å². The van der Waals surface area contributed by atoms with E-state index in [1.807, 2.05) is 75.1 Å². The van der Waals surface area contributed by atoms with Gasteiger partial charge in [0.25, 0.3) is 0 Å². The Balaban J connectivity index is 1.05. The molecule has 1 aromatic heterocycles. The van der Waals surface area contributed by atoms with Crippen LogP contribution in [-0.2, 0) is 55.7 Å². The van der Waals surface area contributed by atoms with Crippen molar-refractivity contribution in [1.82, 2.24) is 30.1 Å². The van der Waals surface area contributed by atoms with Crippen molar-refractivity contribution in [3.63, 3.8) is 0 Å². The molecule has 5 heterocycles. The van der Waals surface area contributed by atoms with Crippen molar-refractivity contribution >= 4 is 23.7 Å². The molecular weight excluding hydrogens is 1090 g/mol. The molecule has 470 valence electrons. The molecule has 4 fully saturated rings. The number of methoxy groups -OCH3 is 1. The fourth-order valence-corrected chi connectivity index (χ4v) is 12.9. The zero-order valence-corrected chi connectivity index (χ0v) is 51.5. The Hall–Kier alpha value is -4.76. The number of hydrogen-bond donors (Lipinski definition) is 6. The minimum absolute atomic E-state index is 0.0378. The van der Waals surface area contributed by atoms with Crippen molar-refractivity contribution in [3.05, 3.63) is 65.7 Å². The van der Waals surface area contributed by atoms with Crippen LogP contribution in [0, 0.1) is 23.6 Å².